The summed E-state index contributed by atoms with van der Waals surface area (Å²) < 4.78 is 5.06. The fraction of sp³-hybridized carbons (Fsp3) is 0.182. The second kappa shape index (κ2) is 5.01. The van der Waals surface area contributed by atoms with Crippen LogP contribution in [0.1, 0.15) is 16.2 Å². The Balaban J connectivity index is 2.41. The van der Waals surface area contributed by atoms with E-state index < -0.39 is 5.97 Å². The van der Waals surface area contributed by atoms with Crippen molar-refractivity contribution in [3.63, 3.8) is 0 Å². The fourth-order valence-electron chi connectivity index (χ4n) is 1.41. The second-order valence-corrected chi connectivity index (χ2v) is 4.17. The molecule has 0 saturated heterocycles. The Hall–Kier alpha value is -1.82. The van der Waals surface area contributed by atoms with Gasteiger partial charge in [0.1, 0.15) is 0 Å². The predicted octanol–water partition coefficient (Wildman–Crippen LogP) is 2.30. The van der Waals surface area contributed by atoms with Crippen molar-refractivity contribution in [3.05, 3.63) is 35.7 Å². The first-order chi connectivity index (χ1) is 8.22. The first-order valence-corrected chi connectivity index (χ1v) is 6.26. The summed E-state index contributed by atoms with van der Waals surface area (Å²) in [5.41, 5.74) is 0.603. The third-order valence-electron chi connectivity index (χ3n) is 2.13. The Morgan fingerprint density at radius 2 is 2.24 bits per heavy atom. The minimum atomic E-state index is -1.01. The number of benzene rings is 1. The maximum Gasteiger partial charge on any atom is 0.336 e. The Bertz CT molecular complexity index is 539. The van der Waals surface area contributed by atoms with Gasteiger partial charge in [0.15, 0.2) is 5.82 Å². The molecule has 1 N–H and O–H groups in total. The van der Waals surface area contributed by atoms with Gasteiger partial charge in [-0.2, -0.15) is 16.7 Å². The summed E-state index contributed by atoms with van der Waals surface area (Å²) >= 11 is 1.57. The molecule has 0 aliphatic heterocycles. The van der Waals surface area contributed by atoms with Gasteiger partial charge in [-0.05, 0) is 18.4 Å². The predicted molar refractivity (Wildman–Crippen MR) is 63.9 cm³/mol. The lowest BCUT2D eigenvalue weighted by atomic mass is 10.1. The fourth-order valence-corrected chi connectivity index (χ4v) is 1.78. The van der Waals surface area contributed by atoms with Crippen LogP contribution >= 0.6 is 11.8 Å². The molecule has 0 atom stereocenters. The van der Waals surface area contributed by atoms with E-state index in [9.17, 15) is 4.79 Å². The molecule has 0 radical (unpaired) electrons. The number of nitrogens with zero attached hydrogens (tertiary/aromatic N) is 2. The van der Waals surface area contributed by atoms with Crippen molar-refractivity contribution < 1.29 is 14.4 Å². The zero-order chi connectivity index (χ0) is 12.3. The molecule has 5 nitrogen and oxygen atoms in total. The van der Waals surface area contributed by atoms with E-state index >= 15 is 0 Å². The average Bonchev–Trinajstić information content (AvgIpc) is 2.78. The molecule has 0 bridgehead atoms. The number of rotatable bonds is 4. The first-order valence-electron chi connectivity index (χ1n) is 4.86. The van der Waals surface area contributed by atoms with E-state index in [1.807, 2.05) is 6.26 Å². The van der Waals surface area contributed by atoms with E-state index in [1.54, 1.807) is 30.0 Å². The lowest BCUT2D eigenvalue weighted by Crippen LogP contribution is -1.99. The highest BCUT2D eigenvalue weighted by Gasteiger charge is 2.16. The number of aromatic nitrogens is 2. The highest BCUT2D eigenvalue weighted by Crippen LogP contribution is 2.22. The third kappa shape index (κ3) is 2.47. The number of carbonyl (C=O) groups is 1. The van der Waals surface area contributed by atoms with Crippen LogP contribution in [0.25, 0.3) is 11.5 Å². The SMILES string of the molecule is CSCc1noc(-c2ccccc2C(=O)O)n1. The number of aromatic carboxylic acids is 1. The van der Waals surface area contributed by atoms with Gasteiger partial charge in [0.2, 0.25) is 0 Å². The van der Waals surface area contributed by atoms with Crippen LogP contribution in [0, 0.1) is 0 Å². The molecule has 17 heavy (non-hydrogen) atoms. The van der Waals surface area contributed by atoms with Crippen LogP contribution in [0.15, 0.2) is 28.8 Å². The highest BCUT2D eigenvalue weighted by atomic mass is 32.2. The minimum absolute atomic E-state index is 0.159. The molecule has 0 unspecified atom stereocenters. The largest absolute Gasteiger partial charge is 0.478 e. The van der Waals surface area contributed by atoms with Crippen molar-refractivity contribution in [1.82, 2.24) is 10.1 Å². The average molecular weight is 250 g/mol. The van der Waals surface area contributed by atoms with Gasteiger partial charge in [-0.1, -0.05) is 17.3 Å². The summed E-state index contributed by atoms with van der Waals surface area (Å²) in [5, 5.41) is 12.8. The van der Waals surface area contributed by atoms with Crippen LogP contribution in [-0.4, -0.2) is 27.5 Å². The van der Waals surface area contributed by atoms with Gasteiger partial charge >= 0.3 is 5.97 Å². The van der Waals surface area contributed by atoms with Crippen LogP contribution < -0.4 is 0 Å². The molecule has 2 aromatic rings. The van der Waals surface area contributed by atoms with E-state index in [0.29, 0.717) is 17.1 Å². The molecule has 0 amide bonds. The van der Waals surface area contributed by atoms with E-state index in [1.165, 1.54) is 6.07 Å². The van der Waals surface area contributed by atoms with E-state index in [-0.39, 0.29) is 11.5 Å². The molecule has 0 aliphatic rings. The topological polar surface area (TPSA) is 76.2 Å². The van der Waals surface area contributed by atoms with Crippen LogP contribution in [0.3, 0.4) is 0 Å². The number of carboxylic acids is 1. The Kier molecular flexibility index (Phi) is 3.43. The molecule has 0 aliphatic carbocycles. The number of hydrogen-bond acceptors (Lipinski definition) is 5. The van der Waals surface area contributed by atoms with Crippen molar-refractivity contribution in [2.75, 3.05) is 6.26 Å². The van der Waals surface area contributed by atoms with Crippen LogP contribution in [0.5, 0.6) is 0 Å². The minimum Gasteiger partial charge on any atom is -0.478 e. The van der Waals surface area contributed by atoms with Crippen LogP contribution in [0.2, 0.25) is 0 Å². The number of carboxylic acid groups (broad SMARTS) is 1. The number of thioether (sulfide) groups is 1. The summed E-state index contributed by atoms with van der Waals surface area (Å²) in [4.78, 5) is 15.2. The molecule has 1 heterocycles. The summed E-state index contributed by atoms with van der Waals surface area (Å²) in [5.74, 6) is 0.434. The van der Waals surface area contributed by atoms with Crippen molar-refractivity contribution in [3.8, 4) is 11.5 Å². The molecule has 6 heteroatoms. The Morgan fingerprint density at radius 3 is 2.94 bits per heavy atom. The van der Waals surface area contributed by atoms with Crippen molar-refractivity contribution >= 4 is 17.7 Å². The summed E-state index contributed by atoms with van der Waals surface area (Å²) in [6, 6.07) is 6.56. The normalized spacial score (nSPS) is 10.4. The van der Waals surface area contributed by atoms with E-state index in [0.717, 1.165) is 0 Å². The van der Waals surface area contributed by atoms with Gasteiger partial charge in [-0.15, -0.1) is 0 Å². The van der Waals surface area contributed by atoms with Gasteiger partial charge in [0.05, 0.1) is 16.9 Å². The van der Waals surface area contributed by atoms with Gasteiger partial charge < -0.3 is 9.63 Å². The summed E-state index contributed by atoms with van der Waals surface area (Å²) in [7, 11) is 0. The first kappa shape index (κ1) is 11.7. The van der Waals surface area contributed by atoms with Crippen molar-refractivity contribution in [2.24, 2.45) is 0 Å². The monoisotopic (exact) mass is 250 g/mol. The lowest BCUT2D eigenvalue weighted by molar-refractivity contribution is 0.0697. The van der Waals surface area contributed by atoms with Gasteiger partial charge in [-0.25, -0.2) is 4.79 Å². The maximum absolute atomic E-state index is 11.0. The molecule has 0 spiro atoms. The Labute approximate surface area is 102 Å². The molecular formula is C11H10N2O3S. The smallest absolute Gasteiger partial charge is 0.336 e. The molecule has 0 fully saturated rings. The zero-order valence-electron chi connectivity index (χ0n) is 9.08. The van der Waals surface area contributed by atoms with Gasteiger partial charge in [0, 0.05) is 0 Å². The van der Waals surface area contributed by atoms with Crippen molar-refractivity contribution in [1.29, 1.82) is 0 Å². The van der Waals surface area contributed by atoms with Crippen molar-refractivity contribution in [2.45, 2.75) is 5.75 Å². The number of hydrogen-bond donors (Lipinski definition) is 1. The molecular weight excluding hydrogens is 240 g/mol. The third-order valence-corrected chi connectivity index (χ3v) is 2.68. The molecule has 2 rings (SSSR count). The summed E-state index contributed by atoms with van der Waals surface area (Å²) in [6.45, 7) is 0. The molecule has 1 aromatic heterocycles. The maximum atomic E-state index is 11.0. The van der Waals surface area contributed by atoms with E-state index in [2.05, 4.69) is 10.1 Å². The van der Waals surface area contributed by atoms with Gasteiger partial charge in [-0.3, -0.25) is 0 Å². The lowest BCUT2D eigenvalue weighted by Gasteiger charge is -1.99. The molecule has 1 aromatic carbocycles. The summed E-state index contributed by atoms with van der Waals surface area (Å²) in [6.07, 6.45) is 1.93. The second-order valence-electron chi connectivity index (χ2n) is 3.30. The van der Waals surface area contributed by atoms with Crippen LogP contribution in [0.4, 0.5) is 0 Å². The van der Waals surface area contributed by atoms with Gasteiger partial charge in [0.25, 0.3) is 5.89 Å². The Morgan fingerprint density at radius 1 is 1.47 bits per heavy atom. The zero-order valence-corrected chi connectivity index (χ0v) is 9.90. The quantitative estimate of drug-likeness (QED) is 0.897. The van der Waals surface area contributed by atoms with Crippen LogP contribution in [-0.2, 0) is 5.75 Å². The standard InChI is InChI=1S/C11H10N2O3S/c1-17-6-9-12-10(16-13-9)7-4-2-3-5-8(7)11(14)15/h2-5H,6H2,1H3,(H,14,15). The molecule has 88 valence electrons. The highest BCUT2D eigenvalue weighted by molar-refractivity contribution is 7.97. The molecule has 0 saturated carbocycles. The van der Waals surface area contributed by atoms with E-state index in [4.69, 9.17) is 9.63 Å².